The highest BCUT2D eigenvalue weighted by Gasteiger charge is 2.12. The number of rotatable bonds is 1. The Kier molecular flexibility index (Phi) is 3.58. The molecule has 0 atom stereocenters. The summed E-state index contributed by atoms with van der Waals surface area (Å²) in [6, 6.07) is 2.95. The Hall–Kier alpha value is -1.67. The molecule has 0 amide bonds. The van der Waals surface area contributed by atoms with E-state index in [1.807, 2.05) is 0 Å². The molecule has 0 bridgehead atoms. The van der Waals surface area contributed by atoms with E-state index in [0.29, 0.717) is 22.6 Å². The van der Waals surface area contributed by atoms with Gasteiger partial charge in [0.15, 0.2) is 0 Å². The lowest BCUT2D eigenvalue weighted by Gasteiger charge is -2.01. The average Bonchev–Trinajstić information content (AvgIpc) is 2.18. The molecule has 1 rings (SSSR count). The number of aryl methyl sites for hydroxylation is 1. The molecule has 0 unspecified atom stereocenters. The van der Waals surface area contributed by atoms with E-state index in [1.54, 1.807) is 13.0 Å². The zero-order valence-corrected chi connectivity index (χ0v) is 9.04. The Bertz CT molecular complexity index is 460. The van der Waals surface area contributed by atoms with Crippen molar-refractivity contribution in [1.29, 1.82) is 0 Å². The van der Waals surface area contributed by atoms with Crippen LogP contribution in [0.2, 0.25) is 0 Å². The normalized spacial score (nSPS) is 9.20. The van der Waals surface area contributed by atoms with Crippen LogP contribution >= 0.6 is 12.6 Å². The second-order valence-corrected chi connectivity index (χ2v) is 3.26. The summed E-state index contributed by atoms with van der Waals surface area (Å²) in [5, 5.41) is 10.6. The number of hydrogen-bond donors (Lipinski definition) is 2. The van der Waals surface area contributed by atoms with Crippen molar-refractivity contribution in [2.24, 2.45) is 0 Å². The third kappa shape index (κ3) is 2.64. The maximum Gasteiger partial charge on any atom is 0.274 e. The first-order chi connectivity index (χ1) is 7.06. The quantitative estimate of drug-likeness (QED) is 0.250. The minimum absolute atomic E-state index is 0.0175. The first-order valence-electron chi connectivity index (χ1n) is 4.20. The first-order valence-corrected chi connectivity index (χ1v) is 4.83. The molecular weight excluding hydrogens is 212 g/mol. The minimum Gasteiger partial charge on any atom is -0.398 e. The van der Waals surface area contributed by atoms with E-state index in [4.69, 9.17) is 5.73 Å². The molecule has 15 heavy (non-hydrogen) atoms. The number of nitrogens with zero attached hydrogens (tertiary/aromatic N) is 1. The van der Waals surface area contributed by atoms with Crippen LogP contribution in [0.3, 0.4) is 0 Å². The predicted molar refractivity (Wildman–Crippen MR) is 63.0 cm³/mol. The number of nitrogens with two attached hydrogens (primary N) is 1. The Morgan fingerprint density at radius 3 is 2.80 bits per heavy atom. The van der Waals surface area contributed by atoms with Crippen molar-refractivity contribution < 1.29 is 4.92 Å². The summed E-state index contributed by atoms with van der Waals surface area (Å²) in [4.78, 5) is 10.1. The van der Waals surface area contributed by atoms with Crippen LogP contribution in [0.4, 0.5) is 11.4 Å². The molecule has 1 aromatic carbocycles. The molecule has 0 saturated heterocycles. The van der Waals surface area contributed by atoms with Crippen LogP contribution in [0, 0.1) is 28.9 Å². The molecule has 4 nitrogen and oxygen atoms in total. The van der Waals surface area contributed by atoms with Crippen LogP contribution in [0.25, 0.3) is 0 Å². The van der Waals surface area contributed by atoms with Crippen molar-refractivity contribution in [3.63, 3.8) is 0 Å². The van der Waals surface area contributed by atoms with Gasteiger partial charge >= 0.3 is 0 Å². The highest BCUT2D eigenvalue weighted by atomic mass is 32.1. The number of thiol groups is 1. The Morgan fingerprint density at radius 1 is 1.60 bits per heavy atom. The molecular formula is C10H10N2O2S. The van der Waals surface area contributed by atoms with Gasteiger partial charge in [-0.25, -0.2) is 0 Å². The van der Waals surface area contributed by atoms with Gasteiger partial charge < -0.3 is 5.73 Å². The van der Waals surface area contributed by atoms with Crippen LogP contribution in [-0.2, 0) is 0 Å². The van der Waals surface area contributed by atoms with Crippen molar-refractivity contribution in [3.05, 3.63) is 33.4 Å². The van der Waals surface area contributed by atoms with Gasteiger partial charge in [0.1, 0.15) is 0 Å². The lowest BCUT2D eigenvalue weighted by Crippen LogP contribution is -1.97. The maximum absolute atomic E-state index is 10.6. The van der Waals surface area contributed by atoms with E-state index < -0.39 is 4.92 Å². The van der Waals surface area contributed by atoms with E-state index >= 15 is 0 Å². The zero-order valence-electron chi connectivity index (χ0n) is 8.15. The second-order valence-electron chi connectivity index (χ2n) is 2.94. The number of nitro benzene ring substituents is 1. The van der Waals surface area contributed by atoms with E-state index in [0.717, 1.165) is 0 Å². The number of anilines is 1. The summed E-state index contributed by atoms with van der Waals surface area (Å²) in [6.07, 6.45) is 0. The molecule has 5 heteroatoms. The molecule has 2 N–H and O–H groups in total. The standard InChI is InChI=1S/C10H10N2O2S/c1-7-5-8(3-2-4-15)9(11)6-10(7)12(13)14/h5-6,15H,4,11H2,1H3. The summed E-state index contributed by atoms with van der Waals surface area (Å²) >= 11 is 3.94. The summed E-state index contributed by atoms with van der Waals surface area (Å²) in [5.41, 5.74) is 7.13. The van der Waals surface area contributed by atoms with Gasteiger partial charge in [-0.05, 0) is 13.0 Å². The summed E-state index contributed by atoms with van der Waals surface area (Å²) < 4.78 is 0. The summed E-state index contributed by atoms with van der Waals surface area (Å²) in [5.74, 6) is 5.97. The Morgan fingerprint density at radius 2 is 2.27 bits per heavy atom. The van der Waals surface area contributed by atoms with Crippen molar-refractivity contribution >= 4 is 24.0 Å². The second kappa shape index (κ2) is 4.71. The predicted octanol–water partition coefficient (Wildman–Crippen LogP) is 1.77. The molecule has 78 valence electrons. The van der Waals surface area contributed by atoms with Crippen LogP contribution in [0.15, 0.2) is 12.1 Å². The van der Waals surface area contributed by atoms with E-state index in [9.17, 15) is 10.1 Å². The van der Waals surface area contributed by atoms with Gasteiger partial charge in [0, 0.05) is 17.2 Å². The molecule has 0 heterocycles. The molecule has 0 aliphatic heterocycles. The molecule has 0 saturated carbocycles. The van der Waals surface area contributed by atoms with E-state index in [-0.39, 0.29) is 5.69 Å². The Balaban J connectivity index is 3.25. The van der Waals surface area contributed by atoms with Gasteiger partial charge in [-0.15, -0.1) is 0 Å². The van der Waals surface area contributed by atoms with E-state index in [2.05, 4.69) is 24.5 Å². The minimum atomic E-state index is -0.457. The fourth-order valence-corrected chi connectivity index (χ4v) is 1.23. The van der Waals surface area contributed by atoms with Crippen molar-refractivity contribution in [1.82, 2.24) is 0 Å². The topological polar surface area (TPSA) is 69.2 Å². The van der Waals surface area contributed by atoms with Crippen molar-refractivity contribution in [3.8, 4) is 11.8 Å². The summed E-state index contributed by atoms with van der Waals surface area (Å²) in [7, 11) is 0. The lowest BCUT2D eigenvalue weighted by atomic mass is 10.1. The third-order valence-corrected chi connectivity index (χ3v) is 2.03. The molecule has 0 fully saturated rings. The van der Waals surface area contributed by atoms with Crippen LogP contribution in [0.5, 0.6) is 0 Å². The first kappa shape index (κ1) is 11.4. The zero-order chi connectivity index (χ0) is 11.4. The highest BCUT2D eigenvalue weighted by molar-refractivity contribution is 7.80. The van der Waals surface area contributed by atoms with Crippen LogP contribution < -0.4 is 5.73 Å². The third-order valence-electron chi connectivity index (χ3n) is 1.87. The van der Waals surface area contributed by atoms with E-state index in [1.165, 1.54) is 6.07 Å². The number of benzene rings is 1. The van der Waals surface area contributed by atoms with Gasteiger partial charge in [0.2, 0.25) is 0 Å². The fraction of sp³-hybridized carbons (Fsp3) is 0.200. The molecule has 0 spiro atoms. The van der Waals surface area contributed by atoms with Gasteiger partial charge in [-0.1, -0.05) is 11.8 Å². The molecule has 1 aromatic rings. The Labute approximate surface area is 93.0 Å². The monoisotopic (exact) mass is 222 g/mol. The van der Waals surface area contributed by atoms with Gasteiger partial charge in [0.05, 0.1) is 16.4 Å². The molecule has 0 aliphatic carbocycles. The molecule has 0 aliphatic rings. The van der Waals surface area contributed by atoms with Crippen molar-refractivity contribution in [2.75, 3.05) is 11.5 Å². The summed E-state index contributed by atoms with van der Waals surface area (Å²) in [6.45, 7) is 1.66. The fourth-order valence-electron chi connectivity index (χ4n) is 1.15. The molecule has 0 aromatic heterocycles. The average molecular weight is 222 g/mol. The lowest BCUT2D eigenvalue weighted by molar-refractivity contribution is -0.385. The van der Waals surface area contributed by atoms with Crippen molar-refractivity contribution in [2.45, 2.75) is 6.92 Å². The number of nitro groups is 1. The number of hydrogen-bond acceptors (Lipinski definition) is 4. The maximum atomic E-state index is 10.6. The van der Waals surface area contributed by atoms with Gasteiger partial charge in [0.25, 0.3) is 5.69 Å². The SMILES string of the molecule is Cc1cc(C#CCS)c(N)cc1[N+](=O)[O-]. The smallest absolute Gasteiger partial charge is 0.274 e. The van der Waals surface area contributed by atoms with Crippen LogP contribution in [-0.4, -0.2) is 10.7 Å². The molecule has 0 radical (unpaired) electrons. The van der Waals surface area contributed by atoms with Gasteiger partial charge in [-0.2, -0.15) is 12.6 Å². The number of nitrogen functional groups attached to an aromatic ring is 1. The van der Waals surface area contributed by atoms with Gasteiger partial charge in [-0.3, -0.25) is 10.1 Å². The largest absolute Gasteiger partial charge is 0.398 e. The highest BCUT2D eigenvalue weighted by Crippen LogP contribution is 2.23. The van der Waals surface area contributed by atoms with Crippen LogP contribution in [0.1, 0.15) is 11.1 Å².